The molecule has 1 fully saturated rings. The number of ether oxygens (including phenoxy) is 1. The summed E-state index contributed by atoms with van der Waals surface area (Å²) in [4.78, 5) is 35.2. The van der Waals surface area contributed by atoms with Gasteiger partial charge in [-0.2, -0.15) is 0 Å². The molecule has 0 spiro atoms. The molecule has 5 rings (SSSR count). The summed E-state index contributed by atoms with van der Waals surface area (Å²) < 4.78 is 4.91. The molecule has 0 bridgehead atoms. The van der Waals surface area contributed by atoms with E-state index in [0.717, 1.165) is 36.9 Å². The van der Waals surface area contributed by atoms with Gasteiger partial charge in [0.05, 0.1) is 36.2 Å². The average molecular weight is 569 g/mol. The number of benzene rings is 3. The Bertz CT molecular complexity index is 1590. The number of carbonyl (C=O) groups is 2. The maximum absolute atomic E-state index is 12.9. The van der Waals surface area contributed by atoms with Crippen LogP contribution in [-0.4, -0.2) is 77.6 Å². The van der Waals surface area contributed by atoms with E-state index >= 15 is 0 Å². The predicted molar refractivity (Wildman–Crippen MR) is 163 cm³/mol. The van der Waals surface area contributed by atoms with Crippen LogP contribution in [0.5, 0.6) is 5.88 Å². The first kappa shape index (κ1) is 29.0. The first-order chi connectivity index (χ1) is 20.4. The third-order valence-electron chi connectivity index (χ3n) is 7.86. The highest BCUT2D eigenvalue weighted by Gasteiger charge is 2.22. The van der Waals surface area contributed by atoms with Gasteiger partial charge in [0.2, 0.25) is 0 Å². The number of esters is 1. The Hall–Kier alpha value is -4.47. The molecule has 9 nitrogen and oxygen atoms in total. The van der Waals surface area contributed by atoms with Crippen LogP contribution in [0.1, 0.15) is 50.2 Å². The number of piperidine rings is 1. The topological polar surface area (TPSA) is 127 Å². The number of fused-ring (bicyclic) bond motifs is 1. The maximum atomic E-state index is 12.9. The van der Waals surface area contributed by atoms with Crippen molar-refractivity contribution in [3.8, 4) is 5.88 Å². The zero-order valence-electron chi connectivity index (χ0n) is 23.9. The molecule has 1 saturated heterocycles. The third kappa shape index (κ3) is 6.37. The molecule has 9 heteroatoms. The van der Waals surface area contributed by atoms with E-state index in [2.05, 4.69) is 15.2 Å². The molecule has 42 heavy (non-hydrogen) atoms. The molecule has 218 valence electrons. The lowest BCUT2D eigenvalue weighted by Gasteiger charge is -2.31. The molecule has 4 aromatic rings. The number of aliphatic imine (C=N–C) groups is 1. The highest BCUT2D eigenvalue weighted by Crippen LogP contribution is 2.33. The largest absolute Gasteiger partial charge is 0.494 e. The molecule has 0 saturated carbocycles. The molecule has 3 aromatic carbocycles. The molecular weight excluding hydrogens is 532 g/mol. The van der Waals surface area contributed by atoms with Gasteiger partial charge in [-0.25, -0.2) is 9.79 Å². The Morgan fingerprint density at radius 1 is 1.05 bits per heavy atom. The summed E-state index contributed by atoms with van der Waals surface area (Å²) in [6.07, 6.45) is 2.00. The molecule has 0 unspecified atom stereocenters. The molecule has 2 heterocycles. The number of β-amino-alcohol motifs (C(OH)–C–C–N with tert-alkyl or cyclic N) is 1. The van der Waals surface area contributed by atoms with Gasteiger partial charge < -0.3 is 30.2 Å². The summed E-state index contributed by atoms with van der Waals surface area (Å²) >= 11 is 0. The fourth-order valence-electron chi connectivity index (χ4n) is 5.48. The normalized spacial score (nSPS) is 14.7. The molecule has 0 radical (unpaired) electrons. The van der Waals surface area contributed by atoms with Crippen LogP contribution in [0.2, 0.25) is 0 Å². The maximum Gasteiger partial charge on any atom is 0.338 e. The van der Waals surface area contributed by atoms with E-state index in [0.29, 0.717) is 58.2 Å². The molecular formula is C33H36N4O5. The number of aliphatic hydroxyl groups is 1. The molecule has 1 aromatic heterocycles. The standard InChI is InChI=1S/C33H36N4O5/c1-21-18-27-28(19-26(21)33(41)42-2)36-32(40)29(27)30(23-6-4-3-5-7-23)35-25-10-8-24(9-11-25)31(39)34-20-22-12-14-37(15-13-22)16-17-38/h3-11,18-19,22,36,38,40H,12-17,20H2,1-2H3,(H,34,39). The summed E-state index contributed by atoms with van der Waals surface area (Å²) in [5, 5.41) is 23.9. The van der Waals surface area contributed by atoms with Gasteiger partial charge in [-0.3, -0.25) is 4.79 Å². The van der Waals surface area contributed by atoms with Crippen LogP contribution in [0.4, 0.5) is 5.69 Å². The summed E-state index contributed by atoms with van der Waals surface area (Å²) in [7, 11) is 1.34. The number of aromatic amines is 1. The summed E-state index contributed by atoms with van der Waals surface area (Å²) in [5.74, 6) is -0.211. The minimum absolute atomic E-state index is 0.0628. The van der Waals surface area contributed by atoms with Crippen molar-refractivity contribution >= 4 is 34.2 Å². The van der Waals surface area contributed by atoms with Gasteiger partial charge >= 0.3 is 5.97 Å². The quantitative estimate of drug-likeness (QED) is 0.173. The van der Waals surface area contributed by atoms with Gasteiger partial charge in [0.25, 0.3) is 5.91 Å². The van der Waals surface area contributed by atoms with Crippen molar-refractivity contribution in [2.75, 3.05) is 39.9 Å². The van der Waals surface area contributed by atoms with Gasteiger partial charge in [-0.1, -0.05) is 30.3 Å². The van der Waals surface area contributed by atoms with Crippen molar-refractivity contribution in [1.82, 2.24) is 15.2 Å². The van der Waals surface area contributed by atoms with Crippen molar-refractivity contribution < 1.29 is 24.5 Å². The number of aromatic nitrogens is 1. The van der Waals surface area contributed by atoms with Gasteiger partial charge in [0, 0.05) is 35.1 Å². The number of nitrogens with one attached hydrogen (secondary N) is 2. The second kappa shape index (κ2) is 13.0. The molecule has 1 aliphatic heterocycles. The summed E-state index contributed by atoms with van der Waals surface area (Å²) in [5.41, 5.74) is 4.76. The second-order valence-electron chi connectivity index (χ2n) is 10.6. The Kier molecular flexibility index (Phi) is 9.00. The zero-order valence-corrected chi connectivity index (χ0v) is 23.9. The molecule has 1 aliphatic rings. The van der Waals surface area contributed by atoms with Crippen LogP contribution in [0.25, 0.3) is 10.9 Å². The number of hydrogen-bond donors (Lipinski definition) is 4. The van der Waals surface area contributed by atoms with Crippen LogP contribution in [0.3, 0.4) is 0 Å². The van der Waals surface area contributed by atoms with Crippen LogP contribution < -0.4 is 5.32 Å². The van der Waals surface area contributed by atoms with Crippen molar-refractivity contribution in [1.29, 1.82) is 0 Å². The number of rotatable bonds is 9. The Balaban J connectivity index is 1.39. The Labute approximate surface area is 244 Å². The number of hydrogen-bond acceptors (Lipinski definition) is 7. The SMILES string of the molecule is COC(=O)c1cc2[nH]c(O)c(C(=Nc3ccc(C(=O)NCC4CCN(CCO)CC4)cc3)c3ccccc3)c2cc1C. The molecule has 1 amide bonds. The van der Waals surface area contributed by atoms with Crippen molar-refractivity contribution in [3.63, 3.8) is 0 Å². The first-order valence-electron chi connectivity index (χ1n) is 14.2. The van der Waals surface area contributed by atoms with Crippen LogP contribution in [0, 0.1) is 12.8 Å². The number of amides is 1. The van der Waals surface area contributed by atoms with E-state index in [-0.39, 0.29) is 18.4 Å². The summed E-state index contributed by atoms with van der Waals surface area (Å²) in [6.45, 7) is 5.21. The molecule has 0 aliphatic carbocycles. The number of methoxy groups -OCH3 is 1. The Morgan fingerprint density at radius 2 is 1.76 bits per heavy atom. The van der Waals surface area contributed by atoms with Gasteiger partial charge in [0.15, 0.2) is 5.88 Å². The van der Waals surface area contributed by atoms with E-state index in [4.69, 9.17) is 14.8 Å². The number of nitrogens with zero attached hydrogens (tertiary/aromatic N) is 2. The van der Waals surface area contributed by atoms with Crippen molar-refractivity contribution in [2.24, 2.45) is 10.9 Å². The second-order valence-corrected chi connectivity index (χ2v) is 10.6. The van der Waals surface area contributed by atoms with Gasteiger partial charge in [-0.05, 0) is 80.7 Å². The zero-order chi connectivity index (χ0) is 29.6. The van der Waals surface area contributed by atoms with Crippen LogP contribution in [-0.2, 0) is 4.74 Å². The number of aliphatic hydroxyl groups excluding tert-OH is 1. The smallest absolute Gasteiger partial charge is 0.338 e. The monoisotopic (exact) mass is 568 g/mol. The third-order valence-corrected chi connectivity index (χ3v) is 7.86. The van der Waals surface area contributed by atoms with E-state index in [1.165, 1.54) is 7.11 Å². The number of aromatic hydroxyl groups is 1. The number of aryl methyl sites for hydroxylation is 1. The fraction of sp³-hybridized carbons (Fsp3) is 0.303. The minimum Gasteiger partial charge on any atom is -0.494 e. The van der Waals surface area contributed by atoms with E-state index < -0.39 is 5.97 Å². The van der Waals surface area contributed by atoms with E-state index in [1.807, 2.05) is 43.3 Å². The van der Waals surface area contributed by atoms with Gasteiger partial charge in [0.1, 0.15) is 0 Å². The lowest BCUT2D eigenvalue weighted by molar-refractivity contribution is 0.0600. The first-order valence-corrected chi connectivity index (χ1v) is 14.2. The molecule has 4 N–H and O–H groups in total. The van der Waals surface area contributed by atoms with E-state index in [1.54, 1.807) is 30.3 Å². The number of H-pyrrole nitrogens is 1. The van der Waals surface area contributed by atoms with Crippen LogP contribution in [0.15, 0.2) is 71.7 Å². The lowest BCUT2D eigenvalue weighted by Crippen LogP contribution is -2.39. The van der Waals surface area contributed by atoms with Crippen LogP contribution >= 0.6 is 0 Å². The number of likely N-dealkylation sites (tertiary alicyclic amines) is 1. The predicted octanol–water partition coefficient (Wildman–Crippen LogP) is 4.57. The fourth-order valence-corrected chi connectivity index (χ4v) is 5.48. The minimum atomic E-state index is -0.449. The van der Waals surface area contributed by atoms with Crippen molar-refractivity contribution in [3.05, 3.63) is 94.5 Å². The number of carbonyl (C=O) groups excluding carboxylic acids is 2. The van der Waals surface area contributed by atoms with E-state index in [9.17, 15) is 14.7 Å². The average Bonchev–Trinajstić information content (AvgIpc) is 3.33. The van der Waals surface area contributed by atoms with Gasteiger partial charge in [-0.15, -0.1) is 0 Å². The highest BCUT2D eigenvalue weighted by atomic mass is 16.5. The Morgan fingerprint density at radius 3 is 2.43 bits per heavy atom. The molecule has 0 atom stereocenters. The highest BCUT2D eigenvalue weighted by molar-refractivity contribution is 6.22. The van der Waals surface area contributed by atoms with Crippen molar-refractivity contribution in [2.45, 2.75) is 19.8 Å². The summed E-state index contributed by atoms with van der Waals surface area (Å²) in [6, 6.07) is 20.2. The lowest BCUT2D eigenvalue weighted by atomic mass is 9.96.